The van der Waals surface area contributed by atoms with Crippen molar-refractivity contribution in [2.45, 2.75) is 0 Å². The fourth-order valence-electron chi connectivity index (χ4n) is 2.50. The molecule has 102 valence electrons. The molecule has 3 aromatic carbocycles. The predicted molar refractivity (Wildman–Crippen MR) is 89.0 cm³/mol. The molecule has 0 radical (unpaired) electrons. The molecular formula is C18H12FNS. The number of thiophene rings is 1. The van der Waals surface area contributed by atoms with E-state index in [0.717, 1.165) is 11.4 Å². The Balaban J connectivity index is 1.79. The average molecular weight is 293 g/mol. The molecule has 0 aliphatic rings. The molecule has 21 heavy (non-hydrogen) atoms. The largest absolute Gasteiger partial charge is 0.356 e. The van der Waals surface area contributed by atoms with Gasteiger partial charge in [-0.15, -0.1) is 11.3 Å². The van der Waals surface area contributed by atoms with Gasteiger partial charge in [-0.2, -0.15) is 0 Å². The van der Waals surface area contributed by atoms with Gasteiger partial charge in [-0.3, -0.25) is 0 Å². The van der Waals surface area contributed by atoms with Crippen molar-refractivity contribution in [2.75, 3.05) is 5.32 Å². The number of hydrogen-bond donors (Lipinski definition) is 1. The number of anilines is 2. The molecule has 0 amide bonds. The zero-order valence-electron chi connectivity index (χ0n) is 11.1. The fraction of sp³-hybridized carbons (Fsp3) is 0. The van der Waals surface area contributed by atoms with Gasteiger partial charge in [-0.25, -0.2) is 4.39 Å². The van der Waals surface area contributed by atoms with Crippen molar-refractivity contribution < 1.29 is 4.39 Å². The van der Waals surface area contributed by atoms with Gasteiger partial charge in [0.25, 0.3) is 0 Å². The van der Waals surface area contributed by atoms with Crippen molar-refractivity contribution in [1.82, 2.24) is 0 Å². The Labute approximate surface area is 125 Å². The van der Waals surface area contributed by atoms with Crippen LogP contribution < -0.4 is 5.32 Å². The Kier molecular flexibility index (Phi) is 2.86. The molecule has 4 aromatic rings. The van der Waals surface area contributed by atoms with E-state index in [4.69, 9.17) is 0 Å². The zero-order chi connectivity index (χ0) is 14.2. The SMILES string of the molecule is Fc1ccc(Nc2ccc3sc4ccccc4c3c2)cc1. The first-order valence-electron chi connectivity index (χ1n) is 6.73. The minimum Gasteiger partial charge on any atom is -0.356 e. The Morgan fingerprint density at radius 2 is 1.43 bits per heavy atom. The van der Waals surface area contributed by atoms with Crippen molar-refractivity contribution in [3.63, 3.8) is 0 Å². The highest BCUT2D eigenvalue weighted by Gasteiger charge is 2.05. The van der Waals surface area contributed by atoms with Gasteiger partial charge in [0.2, 0.25) is 0 Å². The topological polar surface area (TPSA) is 12.0 Å². The van der Waals surface area contributed by atoms with E-state index in [2.05, 4.69) is 47.8 Å². The third kappa shape index (κ3) is 2.26. The van der Waals surface area contributed by atoms with Crippen molar-refractivity contribution in [3.05, 3.63) is 72.5 Å². The lowest BCUT2D eigenvalue weighted by atomic mass is 10.1. The van der Waals surface area contributed by atoms with E-state index >= 15 is 0 Å². The molecule has 0 aliphatic heterocycles. The fourth-order valence-corrected chi connectivity index (χ4v) is 3.59. The Morgan fingerprint density at radius 1 is 0.714 bits per heavy atom. The number of fused-ring (bicyclic) bond motifs is 3. The second-order valence-corrected chi connectivity index (χ2v) is 6.02. The molecule has 1 N–H and O–H groups in total. The molecule has 0 aliphatic carbocycles. The van der Waals surface area contributed by atoms with E-state index in [9.17, 15) is 4.39 Å². The summed E-state index contributed by atoms with van der Waals surface area (Å²) >= 11 is 1.80. The van der Waals surface area contributed by atoms with Crippen LogP contribution in [0.25, 0.3) is 20.2 Å². The van der Waals surface area contributed by atoms with Crippen LogP contribution in [-0.4, -0.2) is 0 Å². The van der Waals surface area contributed by atoms with Gasteiger partial charge >= 0.3 is 0 Å². The summed E-state index contributed by atoms with van der Waals surface area (Å²) in [6.45, 7) is 0. The van der Waals surface area contributed by atoms with E-state index in [1.807, 2.05) is 0 Å². The van der Waals surface area contributed by atoms with Gasteiger partial charge in [0, 0.05) is 31.5 Å². The molecule has 1 aromatic heterocycles. The normalized spacial score (nSPS) is 11.1. The van der Waals surface area contributed by atoms with E-state index in [1.54, 1.807) is 23.5 Å². The van der Waals surface area contributed by atoms with Crippen molar-refractivity contribution in [3.8, 4) is 0 Å². The smallest absolute Gasteiger partial charge is 0.123 e. The van der Waals surface area contributed by atoms with Crippen LogP contribution in [0.15, 0.2) is 66.7 Å². The summed E-state index contributed by atoms with van der Waals surface area (Å²) in [6, 6.07) is 21.2. The van der Waals surface area contributed by atoms with Crippen LogP contribution in [0.3, 0.4) is 0 Å². The summed E-state index contributed by atoms with van der Waals surface area (Å²) in [5.74, 6) is -0.222. The summed E-state index contributed by atoms with van der Waals surface area (Å²) in [5.41, 5.74) is 1.90. The van der Waals surface area contributed by atoms with E-state index in [-0.39, 0.29) is 5.82 Å². The average Bonchev–Trinajstić information content (AvgIpc) is 2.88. The third-order valence-corrected chi connectivity index (χ3v) is 4.66. The number of nitrogens with one attached hydrogen (secondary N) is 1. The van der Waals surface area contributed by atoms with Crippen molar-refractivity contribution >= 4 is 42.9 Å². The van der Waals surface area contributed by atoms with Crippen molar-refractivity contribution in [2.24, 2.45) is 0 Å². The van der Waals surface area contributed by atoms with Gasteiger partial charge in [0.05, 0.1) is 0 Å². The molecule has 1 heterocycles. The molecular weight excluding hydrogens is 281 g/mol. The number of benzene rings is 3. The number of hydrogen-bond acceptors (Lipinski definition) is 2. The maximum atomic E-state index is 12.9. The predicted octanol–water partition coefficient (Wildman–Crippen LogP) is 5.94. The summed E-state index contributed by atoms with van der Waals surface area (Å²) in [7, 11) is 0. The molecule has 0 unspecified atom stereocenters. The summed E-state index contributed by atoms with van der Waals surface area (Å²) < 4.78 is 15.5. The monoisotopic (exact) mass is 293 g/mol. The highest BCUT2D eigenvalue weighted by Crippen LogP contribution is 2.35. The summed E-state index contributed by atoms with van der Waals surface area (Å²) in [5, 5.41) is 5.85. The molecule has 0 atom stereocenters. The minimum atomic E-state index is -0.222. The van der Waals surface area contributed by atoms with Crippen molar-refractivity contribution in [1.29, 1.82) is 0 Å². The molecule has 0 saturated heterocycles. The Bertz CT molecular complexity index is 925. The standard InChI is InChI=1S/C18H12FNS/c19-12-5-7-13(8-6-12)20-14-9-10-18-16(11-14)15-3-1-2-4-17(15)21-18/h1-11,20H. The molecule has 0 fully saturated rings. The van der Waals surface area contributed by atoms with E-state index in [0.29, 0.717) is 0 Å². The first kappa shape index (κ1) is 12.4. The lowest BCUT2D eigenvalue weighted by molar-refractivity contribution is 0.628. The molecule has 3 heteroatoms. The molecule has 4 rings (SSSR count). The zero-order valence-corrected chi connectivity index (χ0v) is 12.0. The molecule has 0 bridgehead atoms. The molecule has 0 spiro atoms. The van der Waals surface area contributed by atoms with Gasteiger partial charge in [0.1, 0.15) is 5.82 Å². The lowest BCUT2D eigenvalue weighted by Gasteiger charge is -2.06. The lowest BCUT2D eigenvalue weighted by Crippen LogP contribution is -1.89. The third-order valence-electron chi connectivity index (χ3n) is 3.51. The van der Waals surface area contributed by atoms with Crippen LogP contribution in [0, 0.1) is 5.82 Å². The van der Waals surface area contributed by atoms with Gasteiger partial charge in [-0.05, 0) is 48.5 Å². The minimum absolute atomic E-state index is 0.222. The number of rotatable bonds is 2. The Morgan fingerprint density at radius 3 is 2.29 bits per heavy atom. The quantitative estimate of drug-likeness (QED) is 0.482. The Hall–Kier alpha value is -2.39. The summed E-state index contributed by atoms with van der Waals surface area (Å²) in [4.78, 5) is 0. The number of halogens is 1. The molecule has 0 saturated carbocycles. The summed E-state index contributed by atoms with van der Waals surface area (Å²) in [6.07, 6.45) is 0. The van der Waals surface area contributed by atoms with Crippen LogP contribution in [0.1, 0.15) is 0 Å². The maximum absolute atomic E-state index is 12.9. The van der Waals surface area contributed by atoms with Crippen LogP contribution in [-0.2, 0) is 0 Å². The van der Waals surface area contributed by atoms with Gasteiger partial charge in [-0.1, -0.05) is 18.2 Å². The first-order valence-corrected chi connectivity index (χ1v) is 7.55. The highest BCUT2D eigenvalue weighted by atomic mass is 32.1. The van der Waals surface area contributed by atoms with Gasteiger partial charge in [0.15, 0.2) is 0 Å². The van der Waals surface area contributed by atoms with Crippen LogP contribution in [0.4, 0.5) is 15.8 Å². The van der Waals surface area contributed by atoms with Gasteiger partial charge < -0.3 is 5.32 Å². The second-order valence-electron chi connectivity index (χ2n) is 4.94. The molecule has 1 nitrogen and oxygen atoms in total. The van der Waals surface area contributed by atoms with Crippen LogP contribution >= 0.6 is 11.3 Å². The van der Waals surface area contributed by atoms with Crippen LogP contribution in [0.5, 0.6) is 0 Å². The second kappa shape index (κ2) is 4.86. The van der Waals surface area contributed by atoms with Crippen LogP contribution in [0.2, 0.25) is 0 Å². The maximum Gasteiger partial charge on any atom is 0.123 e. The van der Waals surface area contributed by atoms with E-state index < -0.39 is 0 Å². The highest BCUT2D eigenvalue weighted by molar-refractivity contribution is 7.25. The van der Waals surface area contributed by atoms with E-state index in [1.165, 1.54) is 32.3 Å². The first-order chi connectivity index (χ1) is 10.3.